The van der Waals surface area contributed by atoms with Crippen molar-refractivity contribution in [2.45, 2.75) is 109 Å². The van der Waals surface area contributed by atoms with E-state index in [0.717, 1.165) is 55.4 Å². The van der Waals surface area contributed by atoms with E-state index in [0.29, 0.717) is 0 Å². The molecule has 0 aliphatic carbocycles. The van der Waals surface area contributed by atoms with Crippen LogP contribution in [-0.4, -0.2) is 70.1 Å². The Morgan fingerprint density at radius 1 is 0.306 bits per heavy atom. The summed E-state index contributed by atoms with van der Waals surface area (Å²) in [4.78, 5) is 130. The summed E-state index contributed by atoms with van der Waals surface area (Å²) >= 11 is 0. The Bertz CT molecular complexity index is 980. The van der Waals surface area contributed by atoms with Gasteiger partial charge in [-0.1, -0.05) is 27.7 Å². The normalized spacial score (nSPS) is 10.7. The molecule has 0 aromatic carbocycles. The van der Waals surface area contributed by atoms with Crippen molar-refractivity contribution < 1.29 is 99.7 Å². The third kappa shape index (κ3) is 12.1. The summed E-state index contributed by atoms with van der Waals surface area (Å²) in [6.07, 6.45) is -0.222. The Morgan fingerprint density at radius 2 is 0.388 bits per heavy atom. The van der Waals surface area contributed by atoms with Crippen molar-refractivity contribution in [2.75, 3.05) is 0 Å². The Morgan fingerprint density at radius 3 is 0.388 bits per heavy atom. The minimum Gasteiger partial charge on any atom is -0.549 e. The standard InChI is InChI=1S/4C8H12O4.Ti/c4*1-4-8(5(2)9,6(3)10)7(11)12;/h4*4H2,1-3H3,(H,11,12);/q;;;;+4/p-4. The van der Waals surface area contributed by atoms with Gasteiger partial charge in [-0.2, -0.15) is 0 Å². The SMILES string of the molecule is CCC(C(C)=O)(C(C)=O)C(=O)[O-].CCC(C(C)=O)(C(C)=O)C(=O)[O-].CCC(C(C)=O)(C(C)=O)C(=O)[O-].CCC(C(C)=O)(C(C)=O)C(=O)[O-].[Ti+4]. The Labute approximate surface area is 299 Å². The zero-order valence-electron chi connectivity index (χ0n) is 29.9. The first-order valence-electron chi connectivity index (χ1n) is 14.5. The molecule has 0 amide bonds. The Balaban J connectivity index is -0.000000174. The first kappa shape index (κ1) is 54.4. The van der Waals surface area contributed by atoms with Crippen LogP contribution in [-0.2, 0) is 79.3 Å². The minimum absolute atomic E-state index is 0. The number of ketones is 8. The Hall–Kier alpha value is -4.05. The van der Waals surface area contributed by atoms with Crippen molar-refractivity contribution in [3.63, 3.8) is 0 Å². The molecule has 0 saturated heterocycles. The minimum atomic E-state index is -1.93. The van der Waals surface area contributed by atoms with Crippen LogP contribution in [0.15, 0.2) is 0 Å². The van der Waals surface area contributed by atoms with Crippen molar-refractivity contribution in [3.05, 3.63) is 0 Å². The van der Waals surface area contributed by atoms with Crippen molar-refractivity contribution >= 4 is 70.1 Å². The molecule has 0 aliphatic heterocycles. The Kier molecular flexibility index (Phi) is 25.1. The maximum absolute atomic E-state index is 10.9. The average Bonchev–Trinajstić information content (AvgIpc) is 2.90. The van der Waals surface area contributed by atoms with Gasteiger partial charge in [-0.3, -0.25) is 38.4 Å². The molecule has 0 aromatic heterocycles. The second-order valence-corrected chi connectivity index (χ2v) is 10.6. The molecular weight excluding hydrogens is 688 g/mol. The van der Waals surface area contributed by atoms with Gasteiger partial charge in [0, 0.05) is 0 Å². The van der Waals surface area contributed by atoms with Crippen molar-refractivity contribution in [1.82, 2.24) is 0 Å². The summed E-state index contributed by atoms with van der Waals surface area (Å²) in [7, 11) is 0. The molecule has 0 fully saturated rings. The smallest absolute Gasteiger partial charge is 0.549 e. The van der Waals surface area contributed by atoms with Crippen LogP contribution >= 0.6 is 0 Å². The molecule has 0 aliphatic rings. The molecule has 0 aromatic rings. The van der Waals surface area contributed by atoms with E-state index in [1.54, 1.807) is 0 Å². The fraction of sp³-hybridized carbons (Fsp3) is 0.625. The van der Waals surface area contributed by atoms with Gasteiger partial charge in [-0.25, -0.2) is 0 Å². The van der Waals surface area contributed by atoms with E-state index in [1.165, 1.54) is 27.7 Å². The van der Waals surface area contributed by atoms with E-state index in [9.17, 15) is 78.0 Å². The molecule has 0 radical (unpaired) electrons. The number of aliphatic carboxylic acids is 4. The van der Waals surface area contributed by atoms with Crippen LogP contribution in [0, 0.1) is 21.7 Å². The fourth-order valence-electron chi connectivity index (χ4n) is 4.71. The second kappa shape index (κ2) is 22.6. The largest absolute Gasteiger partial charge is 4.00 e. The predicted octanol–water partition coefficient (Wildman–Crippen LogP) is -2.76. The molecule has 16 nitrogen and oxygen atoms in total. The van der Waals surface area contributed by atoms with E-state index in [2.05, 4.69) is 0 Å². The zero-order valence-corrected chi connectivity index (χ0v) is 31.4. The molecular formula is C32H44O16Ti. The summed E-state index contributed by atoms with van der Waals surface area (Å²) in [5.74, 6) is -11.8. The molecule has 17 heteroatoms. The number of rotatable bonds is 16. The molecule has 0 saturated carbocycles. The number of carbonyl (C=O) groups is 12. The molecule has 0 spiro atoms. The van der Waals surface area contributed by atoms with E-state index in [4.69, 9.17) is 0 Å². The molecule has 0 unspecified atom stereocenters. The molecule has 272 valence electrons. The molecule has 0 atom stereocenters. The quantitative estimate of drug-likeness (QED) is 0.115. The van der Waals surface area contributed by atoms with Gasteiger partial charge in [0.15, 0.2) is 0 Å². The number of carboxylic acid groups (broad SMARTS) is 4. The molecule has 49 heavy (non-hydrogen) atoms. The summed E-state index contributed by atoms with van der Waals surface area (Å²) in [5.41, 5.74) is -7.72. The van der Waals surface area contributed by atoms with Gasteiger partial charge in [0.05, 0.1) is 23.9 Å². The fourth-order valence-corrected chi connectivity index (χ4v) is 4.71. The predicted molar refractivity (Wildman–Crippen MR) is 156 cm³/mol. The van der Waals surface area contributed by atoms with Gasteiger partial charge < -0.3 is 39.6 Å². The third-order valence-electron chi connectivity index (χ3n) is 8.32. The summed E-state index contributed by atoms with van der Waals surface area (Å²) < 4.78 is 0. The van der Waals surface area contributed by atoms with Crippen LogP contribution in [0.25, 0.3) is 0 Å². The first-order chi connectivity index (χ1) is 21.6. The van der Waals surface area contributed by atoms with Gasteiger partial charge in [0.1, 0.15) is 67.9 Å². The van der Waals surface area contributed by atoms with Gasteiger partial charge in [0.25, 0.3) is 0 Å². The van der Waals surface area contributed by atoms with Gasteiger partial charge in [-0.05, 0) is 81.1 Å². The molecule has 0 rings (SSSR count). The number of carbonyl (C=O) groups excluding carboxylic acids is 12. The summed E-state index contributed by atoms with van der Waals surface area (Å²) in [6, 6.07) is 0. The maximum Gasteiger partial charge on any atom is 4.00 e. The van der Waals surface area contributed by atoms with Gasteiger partial charge in [0.2, 0.25) is 0 Å². The van der Waals surface area contributed by atoms with E-state index in [-0.39, 0.29) is 47.4 Å². The van der Waals surface area contributed by atoms with Crippen LogP contribution in [0.3, 0.4) is 0 Å². The van der Waals surface area contributed by atoms with Crippen molar-refractivity contribution in [1.29, 1.82) is 0 Å². The number of Topliss-reactive ketones (excluding diaryl/α,β-unsaturated/α-hetero) is 8. The van der Waals surface area contributed by atoms with Crippen molar-refractivity contribution in [3.8, 4) is 0 Å². The summed E-state index contributed by atoms with van der Waals surface area (Å²) in [5, 5.41) is 42.3. The number of hydrogen-bond acceptors (Lipinski definition) is 16. The maximum atomic E-state index is 10.9. The van der Waals surface area contributed by atoms with Crippen LogP contribution in [0.1, 0.15) is 109 Å². The third-order valence-corrected chi connectivity index (χ3v) is 8.32. The molecule has 0 N–H and O–H groups in total. The molecule has 0 heterocycles. The van der Waals surface area contributed by atoms with Crippen LogP contribution in [0.2, 0.25) is 0 Å². The zero-order chi connectivity index (χ0) is 39.8. The van der Waals surface area contributed by atoms with E-state index in [1.807, 2.05) is 0 Å². The van der Waals surface area contributed by atoms with Crippen LogP contribution in [0.5, 0.6) is 0 Å². The number of hydrogen-bond donors (Lipinski definition) is 0. The van der Waals surface area contributed by atoms with E-state index < -0.39 is 91.8 Å². The van der Waals surface area contributed by atoms with Gasteiger partial charge >= 0.3 is 21.7 Å². The van der Waals surface area contributed by atoms with Crippen molar-refractivity contribution in [2.24, 2.45) is 21.7 Å². The second-order valence-electron chi connectivity index (χ2n) is 10.6. The van der Waals surface area contributed by atoms with E-state index >= 15 is 0 Å². The number of carboxylic acids is 4. The van der Waals surface area contributed by atoms with Crippen LogP contribution < -0.4 is 20.4 Å². The first-order valence-corrected chi connectivity index (χ1v) is 14.5. The topological polar surface area (TPSA) is 297 Å². The molecule has 0 bridgehead atoms. The summed E-state index contributed by atoms with van der Waals surface area (Å²) in [6.45, 7) is 14.6. The van der Waals surface area contributed by atoms with Crippen LogP contribution in [0.4, 0.5) is 0 Å². The average molecular weight is 733 g/mol. The monoisotopic (exact) mass is 732 g/mol. The van der Waals surface area contributed by atoms with Gasteiger partial charge in [-0.15, -0.1) is 0 Å².